The van der Waals surface area contributed by atoms with Crippen LogP contribution in [0.2, 0.25) is 0 Å². The molecule has 0 unspecified atom stereocenters. The standard InChI is InChI=1S/C9H12O2/c1-3-5-9-8(10)6-7(4-2)11-9/h4-5,7H,2-3,6H2,1H3/b9-5+/t7-/m0/s1. The first kappa shape index (κ1) is 8.05. The van der Waals surface area contributed by atoms with E-state index in [-0.39, 0.29) is 11.9 Å². The molecule has 1 aliphatic rings. The van der Waals surface area contributed by atoms with Gasteiger partial charge in [0, 0.05) is 0 Å². The van der Waals surface area contributed by atoms with Gasteiger partial charge in [0.15, 0.2) is 5.76 Å². The molecule has 0 saturated carbocycles. The van der Waals surface area contributed by atoms with E-state index in [0.29, 0.717) is 12.2 Å². The van der Waals surface area contributed by atoms with Gasteiger partial charge < -0.3 is 4.74 Å². The van der Waals surface area contributed by atoms with E-state index in [0.717, 1.165) is 6.42 Å². The van der Waals surface area contributed by atoms with Crippen molar-refractivity contribution in [2.75, 3.05) is 0 Å². The minimum Gasteiger partial charge on any atom is -0.483 e. The molecule has 0 spiro atoms. The first-order chi connectivity index (χ1) is 5.27. The second-order valence-electron chi connectivity index (χ2n) is 2.50. The Morgan fingerprint density at radius 2 is 2.55 bits per heavy atom. The zero-order chi connectivity index (χ0) is 8.27. The number of hydrogen-bond donors (Lipinski definition) is 0. The lowest BCUT2D eigenvalue weighted by atomic mass is 10.2. The molecule has 1 fully saturated rings. The van der Waals surface area contributed by atoms with Crippen LogP contribution in [0.4, 0.5) is 0 Å². The van der Waals surface area contributed by atoms with Crippen molar-refractivity contribution in [1.82, 2.24) is 0 Å². The van der Waals surface area contributed by atoms with Gasteiger partial charge in [-0.15, -0.1) is 0 Å². The average molecular weight is 152 g/mol. The Labute approximate surface area is 66.5 Å². The Morgan fingerprint density at radius 1 is 1.82 bits per heavy atom. The monoisotopic (exact) mass is 152 g/mol. The fourth-order valence-corrected chi connectivity index (χ4v) is 1.03. The predicted octanol–water partition coefficient (Wildman–Crippen LogP) is 1.82. The highest BCUT2D eigenvalue weighted by Gasteiger charge is 2.25. The summed E-state index contributed by atoms with van der Waals surface area (Å²) in [5.74, 6) is 0.606. The van der Waals surface area contributed by atoms with Crippen LogP contribution >= 0.6 is 0 Å². The van der Waals surface area contributed by atoms with Crippen LogP contribution in [0, 0.1) is 0 Å². The number of ketones is 1. The Morgan fingerprint density at radius 3 is 3.00 bits per heavy atom. The first-order valence-corrected chi connectivity index (χ1v) is 3.80. The van der Waals surface area contributed by atoms with Crippen LogP contribution in [-0.4, -0.2) is 11.9 Å². The van der Waals surface area contributed by atoms with E-state index < -0.39 is 0 Å². The number of ether oxygens (including phenoxy) is 1. The van der Waals surface area contributed by atoms with Gasteiger partial charge in [-0.05, 0) is 12.5 Å². The lowest BCUT2D eigenvalue weighted by molar-refractivity contribution is -0.115. The van der Waals surface area contributed by atoms with Gasteiger partial charge in [0.05, 0.1) is 6.42 Å². The highest BCUT2D eigenvalue weighted by molar-refractivity contribution is 5.95. The number of carbonyl (C=O) groups is 1. The Balaban J connectivity index is 2.65. The van der Waals surface area contributed by atoms with E-state index in [1.165, 1.54) is 0 Å². The number of carbonyl (C=O) groups excluding carboxylic acids is 1. The molecule has 1 heterocycles. The van der Waals surface area contributed by atoms with Crippen molar-refractivity contribution >= 4 is 5.78 Å². The van der Waals surface area contributed by atoms with Crippen LogP contribution in [0.5, 0.6) is 0 Å². The van der Waals surface area contributed by atoms with Crippen molar-refractivity contribution in [1.29, 1.82) is 0 Å². The quantitative estimate of drug-likeness (QED) is 0.445. The Bertz CT molecular complexity index is 204. The summed E-state index contributed by atoms with van der Waals surface area (Å²) in [5.41, 5.74) is 0. The molecule has 1 aliphatic heterocycles. The van der Waals surface area contributed by atoms with Gasteiger partial charge in [-0.1, -0.05) is 19.6 Å². The van der Waals surface area contributed by atoms with Crippen LogP contribution < -0.4 is 0 Å². The highest BCUT2D eigenvalue weighted by atomic mass is 16.5. The molecular weight excluding hydrogens is 140 g/mol. The third-order valence-electron chi connectivity index (χ3n) is 1.59. The molecule has 0 aliphatic carbocycles. The van der Waals surface area contributed by atoms with Gasteiger partial charge >= 0.3 is 0 Å². The maximum atomic E-state index is 11.1. The van der Waals surface area contributed by atoms with Crippen LogP contribution in [-0.2, 0) is 9.53 Å². The number of Topliss-reactive ketones (excluding diaryl/α,β-unsaturated/α-hetero) is 1. The first-order valence-electron chi connectivity index (χ1n) is 3.80. The van der Waals surface area contributed by atoms with Gasteiger partial charge in [0.2, 0.25) is 5.78 Å². The molecule has 0 bridgehead atoms. The van der Waals surface area contributed by atoms with E-state index in [4.69, 9.17) is 4.74 Å². The third kappa shape index (κ3) is 1.70. The van der Waals surface area contributed by atoms with E-state index in [9.17, 15) is 4.79 Å². The molecule has 2 heteroatoms. The minimum absolute atomic E-state index is 0.0942. The topological polar surface area (TPSA) is 26.3 Å². The molecule has 1 atom stereocenters. The van der Waals surface area contributed by atoms with Crippen molar-refractivity contribution in [2.24, 2.45) is 0 Å². The van der Waals surface area contributed by atoms with Crippen molar-refractivity contribution in [3.05, 3.63) is 24.5 Å². The summed E-state index contributed by atoms with van der Waals surface area (Å²) >= 11 is 0. The van der Waals surface area contributed by atoms with Gasteiger partial charge in [-0.3, -0.25) is 4.79 Å². The summed E-state index contributed by atoms with van der Waals surface area (Å²) in [6.07, 6.45) is 4.67. The van der Waals surface area contributed by atoms with E-state index in [1.54, 1.807) is 6.08 Å². The number of hydrogen-bond acceptors (Lipinski definition) is 2. The zero-order valence-corrected chi connectivity index (χ0v) is 6.67. The largest absolute Gasteiger partial charge is 0.483 e. The van der Waals surface area contributed by atoms with Crippen molar-refractivity contribution < 1.29 is 9.53 Å². The average Bonchev–Trinajstić information content (AvgIpc) is 2.33. The fourth-order valence-electron chi connectivity index (χ4n) is 1.03. The molecule has 60 valence electrons. The molecule has 0 amide bonds. The number of rotatable bonds is 2. The van der Waals surface area contributed by atoms with Crippen LogP contribution in [0.25, 0.3) is 0 Å². The summed E-state index contributed by atoms with van der Waals surface area (Å²) in [6, 6.07) is 0. The fraction of sp³-hybridized carbons (Fsp3) is 0.444. The normalized spacial score (nSPS) is 27.2. The molecule has 1 saturated heterocycles. The summed E-state index contributed by atoms with van der Waals surface area (Å²) in [6.45, 7) is 5.54. The third-order valence-corrected chi connectivity index (χ3v) is 1.59. The second kappa shape index (κ2) is 3.37. The smallest absolute Gasteiger partial charge is 0.201 e. The van der Waals surface area contributed by atoms with E-state index in [2.05, 4.69) is 6.58 Å². The molecule has 0 radical (unpaired) electrons. The minimum atomic E-state index is -0.0969. The van der Waals surface area contributed by atoms with Gasteiger partial charge in [-0.2, -0.15) is 0 Å². The molecule has 0 N–H and O–H groups in total. The summed E-state index contributed by atoms with van der Waals surface area (Å²) in [4.78, 5) is 11.1. The van der Waals surface area contributed by atoms with Crippen molar-refractivity contribution in [2.45, 2.75) is 25.9 Å². The van der Waals surface area contributed by atoms with E-state index in [1.807, 2.05) is 13.0 Å². The Kier molecular flexibility index (Phi) is 2.47. The van der Waals surface area contributed by atoms with E-state index >= 15 is 0 Å². The number of allylic oxidation sites excluding steroid dienone is 2. The lowest BCUT2D eigenvalue weighted by Crippen LogP contribution is -1.97. The van der Waals surface area contributed by atoms with Crippen LogP contribution in [0.15, 0.2) is 24.5 Å². The van der Waals surface area contributed by atoms with Gasteiger partial charge in [-0.25, -0.2) is 0 Å². The lowest BCUT2D eigenvalue weighted by Gasteiger charge is -2.01. The Hall–Kier alpha value is -1.05. The highest BCUT2D eigenvalue weighted by Crippen LogP contribution is 2.20. The van der Waals surface area contributed by atoms with Gasteiger partial charge in [0.25, 0.3) is 0 Å². The van der Waals surface area contributed by atoms with Gasteiger partial charge in [0.1, 0.15) is 6.10 Å². The van der Waals surface area contributed by atoms with Crippen LogP contribution in [0.1, 0.15) is 19.8 Å². The molecule has 11 heavy (non-hydrogen) atoms. The maximum Gasteiger partial charge on any atom is 0.201 e. The molecule has 2 nitrogen and oxygen atoms in total. The summed E-state index contributed by atoms with van der Waals surface area (Å²) in [7, 11) is 0. The maximum absolute atomic E-state index is 11.1. The SMILES string of the molecule is C=C[C@H]1CC(=O)/C(=C\CC)O1. The molecule has 1 rings (SSSR count). The molecular formula is C9H12O2. The second-order valence-corrected chi connectivity index (χ2v) is 2.50. The molecule has 0 aromatic carbocycles. The molecule has 0 aromatic rings. The van der Waals surface area contributed by atoms with Crippen molar-refractivity contribution in [3.8, 4) is 0 Å². The molecule has 0 aromatic heterocycles. The van der Waals surface area contributed by atoms with Crippen molar-refractivity contribution in [3.63, 3.8) is 0 Å². The zero-order valence-electron chi connectivity index (χ0n) is 6.67. The summed E-state index contributed by atoms with van der Waals surface area (Å²) in [5, 5.41) is 0. The summed E-state index contributed by atoms with van der Waals surface area (Å²) < 4.78 is 5.26. The van der Waals surface area contributed by atoms with Crippen LogP contribution in [0.3, 0.4) is 0 Å². The predicted molar refractivity (Wildman–Crippen MR) is 43.1 cm³/mol.